The zero-order chi connectivity index (χ0) is 17.2. The van der Waals surface area contributed by atoms with Gasteiger partial charge in [0.15, 0.2) is 5.78 Å². The van der Waals surface area contributed by atoms with E-state index in [1.165, 1.54) is 6.07 Å². The summed E-state index contributed by atoms with van der Waals surface area (Å²) in [5.74, 6) is -0.583. The second-order valence-electron chi connectivity index (χ2n) is 6.52. The number of ketones is 1. The Morgan fingerprint density at radius 3 is 2.56 bits per heavy atom. The summed E-state index contributed by atoms with van der Waals surface area (Å²) in [5, 5.41) is 5.33. The Kier molecular flexibility index (Phi) is 4.28. The number of piperidine rings is 1. The summed E-state index contributed by atoms with van der Waals surface area (Å²) in [7, 11) is 0. The molecule has 0 atom stereocenters. The molecule has 2 heterocycles. The monoisotopic (exact) mass is 334 g/mol. The predicted octanol–water partition coefficient (Wildman–Crippen LogP) is 4.22. The molecule has 126 valence electrons. The molecule has 1 saturated heterocycles. The number of halogens is 1. The lowest BCUT2D eigenvalue weighted by atomic mass is 9.88. The summed E-state index contributed by atoms with van der Waals surface area (Å²) in [6.07, 6.45) is 5.10. The first-order valence-electron chi connectivity index (χ1n) is 8.61. The number of benzene rings is 2. The number of hydrogen-bond donors (Lipinski definition) is 1. The minimum absolute atomic E-state index is 0.0739. The van der Waals surface area contributed by atoms with Gasteiger partial charge >= 0.3 is 0 Å². The van der Waals surface area contributed by atoms with Gasteiger partial charge in [-0.3, -0.25) is 9.78 Å². The van der Waals surface area contributed by atoms with Gasteiger partial charge in [-0.1, -0.05) is 18.2 Å². The molecule has 0 amide bonds. The molecule has 0 aliphatic carbocycles. The number of pyridine rings is 1. The Hall–Kier alpha value is -2.59. The van der Waals surface area contributed by atoms with Crippen molar-refractivity contribution in [2.45, 2.75) is 12.8 Å². The topological polar surface area (TPSA) is 42.0 Å². The molecule has 0 spiro atoms. The van der Waals surface area contributed by atoms with E-state index in [1.807, 2.05) is 30.3 Å². The van der Waals surface area contributed by atoms with Crippen LogP contribution < -0.4 is 5.32 Å². The standard InChI is InChI=1S/C21H19FN2O/c22-20-12-16(15-1-2-18-13-24-10-7-17(18)11-15)3-4-19(20)21(25)14-5-8-23-9-6-14/h1-4,7,10-14,23H,5-6,8-9H2. The Morgan fingerprint density at radius 1 is 1.00 bits per heavy atom. The molecule has 1 aromatic heterocycles. The van der Waals surface area contributed by atoms with Crippen LogP contribution in [0, 0.1) is 11.7 Å². The summed E-state index contributed by atoms with van der Waals surface area (Å²) < 4.78 is 14.6. The average Bonchev–Trinajstić information content (AvgIpc) is 2.67. The maximum Gasteiger partial charge on any atom is 0.168 e. The van der Waals surface area contributed by atoms with E-state index in [-0.39, 0.29) is 17.3 Å². The molecule has 2 aromatic carbocycles. The largest absolute Gasteiger partial charge is 0.317 e. The molecular weight excluding hydrogens is 315 g/mol. The van der Waals surface area contributed by atoms with Gasteiger partial charge in [0, 0.05) is 23.7 Å². The van der Waals surface area contributed by atoms with E-state index in [4.69, 9.17) is 0 Å². The molecule has 0 unspecified atom stereocenters. The van der Waals surface area contributed by atoms with Crippen LogP contribution in [0.25, 0.3) is 21.9 Å². The number of nitrogens with zero attached hydrogens (tertiary/aromatic N) is 1. The Balaban J connectivity index is 1.65. The van der Waals surface area contributed by atoms with Crippen molar-refractivity contribution < 1.29 is 9.18 Å². The lowest BCUT2D eigenvalue weighted by molar-refractivity contribution is 0.0891. The first-order chi connectivity index (χ1) is 12.2. The van der Waals surface area contributed by atoms with Crippen LogP contribution >= 0.6 is 0 Å². The van der Waals surface area contributed by atoms with Gasteiger partial charge in [0.05, 0.1) is 5.56 Å². The molecule has 3 aromatic rings. The third-order valence-corrected chi connectivity index (χ3v) is 4.92. The molecule has 0 radical (unpaired) electrons. The van der Waals surface area contributed by atoms with E-state index >= 15 is 0 Å². The third-order valence-electron chi connectivity index (χ3n) is 4.92. The van der Waals surface area contributed by atoms with Crippen LogP contribution in [0.15, 0.2) is 54.9 Å². The molecule has 1 fully saturated rings. The highest BCUT2D eigenvalue weighted by Gasteiger charge is 2.24. The number of aromatic nitrogens is 1. The van der Waals surface area contributed by atoms with Crippen molar-refractivity contribution >= 4 is 16.6 Å². The van der Waals surface area contributed by atoms with Gasteiger partial charge in [0.25, 0.3) is 0 Å². The zero-order valence-electron chi connectivity index (χ0n) is 13.8. The molecule has 4 rings (SSSR count). The van der Waals surface area contributed by atoms with Crippen molar-refractivity contribution in [2.24, 2.45) is 5.92 Å². The zero-order valence-corrected chi connectivity index (χ0v) is 13.8. The fourth-order valence-electron chi connectivity index (χ4n) is 3.46. The maximum absolute atomic E-state index is 14.6. The highest BCUT2D eigenvalue weighted by Crippen LogP contribution is 2.27. The lowest BCUT2D eigenvalue weighted by Gasteiger charge is -2.21. The van der Waals surface area contributed by atoms with E-state index in [2.05, 4.69) is 10.3 Å². The van der Waals surface area contributed by atoms with Gasteiger partial charge in [0.1, 0.15) is 5.82 Å². The van der Waals surface area contributed by atoms with Crippen LogP contribution in [0.1, 0.15) is 23.2 Å². The Bertz CT molecular complexity index is 932. The number of rotatable bonds is 3. The average molecular weight is 334 g/mol. The minimum Gasteiger partial charge on any atom is -0.317 e. The summed E-state index contributed by atoms with van der Waals surface area (Å²) in [6.45, 7) is 1.64. The second-order valence-corrected chi connectivity index (χ2v) is 6.52. The van der Waals surface area contributed by atoms with Crippen LogP contribution in [0.2, 0.25) is 0 Å². The van der Waals surface area contributed by atoms with E-state index in [0.29, 0.717) is 0 Å². The van der Waals surface area contributed by atoms with Crippen molar-refractivity contribution in [1.29, 1.82) is 0 Å². The van der Waals surface area contributed by atoms with Crippen LogP contribution in [-0.2, 0) is 0 Å². The van der Waals surface area contributed by atoms with Crippen LogP contribution in [-0.4, -0.2) is 23.9 Å². The summed E-state index contributed by atoms with van der Waals surface area (Å²) in [5.41, 5.74) is 1.91. The predicted molar refractivity (Wildman–Crippen MR) is 97.1 cm³/mol. The lowest BCUT2D eigenvalue weighted by Crippen LogP contribution is -2.32. The normalized spacial score (nSPS) is 15.4. The highest BCUT2D eigenvalue weighted by atomic mass is 19.1. The SMILES string of the molecule is O=C(c1ccc(-c2ccc3cnccc3c2)cc1F)C1CCNCC1. The van der Waals surface area contributed by atoms with Crippen molar-refractivity contribution in [3.05, 3.63) is 66.2 Å². The molecule has 4 heteroatoms. The Morgan fingerprint density at radius 2 is 1.76 bits per heavy atom. The fraction of sp³-hybridized carbons (Fsp3) is 0.238. The van der Waals surface area contributed by atoms with Crippen molar-refractivity contribution in [1.82, 2.24) is 10.3 Å². The van der Waals surface area contributed by atoms with Crippen molar-refractivity contribution in [3.8, 4) is 11.1 Å². The number of Topliss-reactive ketones (excluding diaryl/α,β-unsaturated/α-hetero) is 1. The Labute approximate surface area is 145 Å². The molecule has 1 N–H and O–H groups in total. The number of fused-ring (bicyclic) bond motifs is 1. The molecule has 3 nitrogen and oxygen atoms in total. The van der Waals surface area contributed by atoms with E-state index in [9.17, 15) is 9.18 Å². The highest BCUT2D eigenvalue weighted by molar-refractivity contribution is 5.98. The van der Waals surface area contributed by atoms with Gasteiger partial charge in [0.2, 0.25) is 0 Å². The molecule has 25 heavy (non-hydrogen) atoms. The molecule has 1 aliphatic heterocycles. The molecule has 0 bridgehead atoms. The molecular formula is C21H19FN2O. The van der Waals surface area contributed by atoms with Gasteiger partial charge in [-0.25, -0.2) is 4.39 Å². The maximum atomic E-state index is 14.6. The number of carbonyl (C=O) groups excluding carboxylic acids is 1. The summed E-state index contributed by atoms with van der Waals surface area (Å²) in [4.78, 5) is 16.7. The number of carbonyl (C=O) groups is 1. The van der Waals surface area contributed by atoms with E-state index < -0.39 is 5.82 Å². The van der Waals surface area contributed by atoms with E-state index in [0.717, 1.165) is 47.8 Å². The fourth-order valence-corrected chi connectivity index (χ4v) is 3.46. The summed E-state index contributed by atoms with van der Waals surface area (Å²) in [6, 6.07) is 12.8. The first-order valence-corrected chi connectivity index (χ1v) is 8.61. The second kappa shape index (κ2) is 6.73. The molecule has 0 saturated carbocycles. The quantitative estimate of drug-likeness (QED) is 0.729. The summed E-state index contributed by atoms with van der Waals surface area (Å²) >= 11 is 0. The van der Waals surface area contributed by atoms with E-state index in [1.54, 1.807) is 18.5 Å². The van der Waals surface area contributed by atoms with Gasteiger partial charge < -0.3 is 5.32 Å². The minimum atomic E-state index is -0.434. The third kappa shape index (κ3) is 3.17. The van der Waals surface area contributed by atoms with Gasteiger partial charge in [-0.15, -0.1) is 0 Å². The number of hydrogen-bond acceptors (Lipinski definition) is 3. The smallest absolute Gasteiger partial charge is 0.168 e. The molecule has 1 aliphatic rings. The van der Waals surface area contributed by atoms with Crippen molar-refractivity contribution in [2.75, 3.05) is 13.1 Å². The van der Waals surface area contributed by atoms with Crippen LogP contribution in [0.4, 0.5) is 4.39 Å². The van der Waals surface area contributed by atoms with Crippen molar-refractivity contribution in [3.63, 3.8) is 0 Å². The number of nitrogens with one attached hydrogen (secondary N) is 1. The first kappa shape index (κ1) is 15.9. The van der Waals surface area contributed by atoms with Crippen LogP contribution in [0.5, 0.6) is 0 Å². The van der Waals surface area contributed by atoms with Crippen LogP contribution in [0.3, 0.4) is 0 Å². The van der Waals surface area contributed by atoms with Gasteiger partial charge in [-0.05, 0) is 66.7 Å². The van der Waals surface area contributed by atoms with Gasteiger partial charge in [-0.2, -0.15) is 0 Å².